The van der Waals surface area contributed by atoms with E-state index < -0.39 is 10.0 Å². The molecule has 2 amide bonds. The van der Waals surface area contributed by atoms with Gasteiger partial charge in [0.1, 0.15) is 0 Å². The van der Waals surface area contributed by atoms with Crippen LogP contribution >= 0.6 is 0 Å². The quantitative estimate of drug-likeness (QED) is 0.693. The minimum atomic E-state index is -3.10. The Labute approximate surface area is 102 Å². The van der Waals surface area contributed by atoms with Gasteiger partial charge in [0.05, 0.1) is 6.26 Å². The van der Waals surface area contributed by atoms with E-state index in [0.717, 1.165) is 0 Å². The van der Waals surface area contributed by atoms with E-state index in [0.29, 0.717) is 32.5 Å². The number of urea groups is 1. The SMILES string of the molecule is C=CCNC(=O)NC1CCN(S(C)(=O)=O)CC1. The maximum atomic E-state index is 11.3. The molecule has 1 aliphatic rings. The highest BCUT2D eigenvalue weighted by Gasteiger charge is 2.25. The van der Waals surface area contributed by atoms with Crippen LogP contribution in [0.1, 0.15) is 12.8 Å². The van der Waals surface area contributed by atoms with Gasteiger partial charge in [0.2, 0.25) is 10.0 Å². The summed E-state index contributed by atoms with van der Waals surface area (Å²) in [5, 5.41) is 5.43. The summed E-state index contributed by atoms with van der Waals surface area (Å²) in [6, 6.07) is -0.194. The Kier molecular flexibility index (Phi) is 4.95. The summed E-state index contributed by atoms with van der Waals surface area (Å²) in [6.07, 6.45) is 4.10. The molecule has 6 nitrogen and oxygen atoms in total. The number of rotatable bonds is 4. The maximum absolute atomic E-state index is 11.3. The number of hydrogen-bond acceptors (Lipinski definition) is 3. The molecule has 1 saturated heterocycles. The molecule has 0 aromatic carbocycles. The van der Waals surface area contributed by atoms with Crippen molar-refractivity contribution >= 4 is 16.1 Å². The molecular formula is C10H19N3O3S. The minimum absolute atomic E-state index is 0.0396. The molecular weight excluding hydrogens is 242 g/mol. The van der Waals surface area contributed by atoms with Gasteiger partial charge in [0, 0.05) is 25.7 Å². The Morgan fingerprint density at radius 1 is 1.47 bits per heavy atom. The lowest BCUT2D eigenvalue weighted by Gasteiger charge is -2.30. The molecule has 17 heavy (non-hydrogen) atoms. The Bertz CT molecular complexity index is 372. The number of amides is 2. The fourth-order valence-electron chi connectivity index (χ4n) is 1.73. The van der Waals surface area contributed by atoms with E-state index in [9.17, 15) is 13.2 Å². The first-order valence-corrected chi connectivity index (χ1v) is 7.38. The lowest BCUT2D eigenvalue weighted by atomic mass is 10.1. The zero-order valence-corrected chi connectivity index (χ0v) is 10.8. The van der Waals surface area contributed by atoms with Crippen molar-refractivity contribution in [2.75, 3.05) is 25.9 Å². The van der Waals surface area contributed by atoms with Gasteiger partial charge in [-0.25, -0.2) is 17.5 Å². The van der Waals surface area contributed by atoms with E-state index in [-0.39, 0.29) is 12.1 Å². The van der Waals surface area contributed by atoms with Gasteiger partial charge >= 0.3 is 6.03 Å². The van der Waals surface area contributed by atoms with E-state index in [1.807, 2.05) is 0 Å². The molecule has 0 radical (unpaired) electrons. The average molecular weight is 261 g/mol. The molecule has 0 aromatic heterocycles. The highest BCUT2D eigenvalue weighted by atomic mass is 32.2. The standard InChI is InChI=1S/C10H19N3O3S/c1-3-6-11-10(14)12-9-4-7-13(8-5-9)17(2,15)16/h3,9H,1,4-8H2,2H3,(H2,11,12,14). The summed E-state index contributed by atoms with van der Waals surface area (Å²) in [6.45, 7) is 4.85. The van der Waals surface area contributed by atoms with Gasteiger partial charge in [0.25, 0.3) is 0 Å². The largest absolute Gasteiger partial charge is 0.335 e. The molecule has 1 rings (SSSR count). The van der Waals surface area contributed by atoms with Crippen LogP contribution in [-0.4, -0.2) is 50.7 Å². The van der Waals surface area contributed by atoms with Gasteiger partial charge in [-0.05, 0) is 12.8 Å². The van der Waals surface area contributed by atoms with Gasteiger partial charge in [-0.15, -0.1) is 6.58 Å². The van der Waals surface area contributed by atoms with E-state index in [4.69, 9.17) is 0 Å². The fraction of sp³-hybridized carbons (Fsp3) is 0.700. The average Bonchev–Trinajstić information content (AvgIpc) is 2.26. The van der Waals surface area contributed by atoms with Gasteiger partial charge in [-0.3, -0.25) is 0 Å². The first-order chi connectivity index (χ1) is 7.93. The fourth-order valence-corrected chi connectivity index (χ4v) is 2.61. The normalized spacial score (nSPS) is 18.6. The van der Waals surface area contributed by atoms with E-state index in [1.165, 1.54) is 10.6 Å². The molecule has 1 aliphatic heterocycles. The summed E-state index contributed by atoms with van der Waals surface area (Å²) in [4.78, 5) is 11.3. The Morgan fingerprint density at radius 3 is 2.53 bits per heavy atom. The smallest absolute Gasteiger partial charge is 0.315 e. The third-order valence-electron chi connectivity index (χ3n) is 2.67. The zero-order valence-electron chi connectivity index (χ0n) is 9.98. The lowest BCUT2D eigenvalue weighted by Crippen LogP contribution is -2.48. The molecule has 1 heterocycles. The van der Waals surface area contributed by atoms with Crippen LogP contribution in [0.4, 0.5) is 4.79 Å². The van der Waals surface area contributed by atoms with Crippen LogP contribution in [0.25, 0.3) is 0 Å². The molecule has 0 aliphatic carbocycles. The van der Waals surface area contributed by atoms with Crippen LogP contribution in [0, 0.1) is 0 Å². The topological polar surface area (TPSA) is 78.5 Å². The monoisotopic (exact) mass is 261 g/mol. The van der Waals surface area contributed by atoms with E-state index in [1.54, 1.807) is 6.08 Å². The first-order valence-electron chi connectivity index (χ1n) is 5.54. The summed E-state index contributed by atoms with van der Waals surface area (Å²) < 4.78 is 24.0. The van der Waals surface area contributed by atoms with Crippen LogP contribution in [0.2, 0.25) is 0 Å². The number of nitrogens with zero attached hydrogens (tertiary/aromatic N) is 1. The molecule has 0 aromatic rings. The summed E-state index contributed by atoms with van der Waals surface area (Å²) >= 11 is 0. The van der Waals surface area contributed by atoms with Crippen LogP contribution < -0.4 is 10.6 Å². The molecule has 1 fully saturated rings. The van der Waals surface area contributed by atoms with Crippen molar-refractivity contribution in [2.24, 2.45) is 0 Å². The first kappa shape index (κ1) is 14.0. The Balaban J connectivity index is 2.32. The van der Waals surface area contributed by atoms with Crippen molar-refractivity contribution in [3.63, 3.8) is 0 Å². The van der Waals surface area contributed by atoms with Crippen LogP contribution in [0.5, 0.6) is 0 Å². The third kappa shape index (κ3) is 4.74. The highest BCUT2D eigenvalue weighted by molar-refractivity contribution is 7.88. The molecule has 0 bridgehead atoms. The number of hydrogen-bond donors (Lipinski definition) is 2. The molecule has 2 N–H and O–H groups in total. The predicted molar refractivity (Wildman–Crippen MR) is 66.2 cm³/mol. The van der Waals surface area contributed by atoms with Gasteiger partial charge in [-0.1, -0.05) is 6.08 Å². The van der Waals surface area contributed by atoms with Crippen LogP contribution in [0.15, 0.2) is 12.7 Å². The second kappa shape index (κ2) is 6.02. The summed E-state index contributed by atoms with van der Waals surface area (Å²) in [7, 11) is -3.10. The number of carbonyl (C=O) groups is 1. The van der Waals surface area contributed by atoms with Crippen molar-refractivity contribution in [1.82, 2.24) is 14.9 Å². The van der Waals surface area contributed by atoms with Crippen molar-refractivity contribution < 1.29 is 13.2 Å². The third-order valence-corrected chi connectivity index (χ3v) is 3.97. The van der Waals surface area contributed by atoms with Crippen molar-refractivity contribution in [1.29, 1.82) is 0 Å². The van der Waals surface area contributed by atoms with Gasteiger partial charge in [0.15, 0.2) is 0 Å². The molecule has 0 unspecified atom stereocenters. The second-order valence-corrected chi connectivity index (χ2v) is 6.06. The zero-order chi connectivity index (χ0) is 12.9. The second-order valence-electron chi connectivity index (χ2n) is 4.08. The lowest BCUT2D eigenvalue weighted by molar-refractivity contribution is 0.228. The molecule has 0 spiro atoms. The summed E-state index contributed by atoms with van der Waals surface area (Å²) in [5.41, 5.74) is 0. The number of carbonyl (C=O) groups excluding carboxylic acids is 1. The van der Waals surface area contributed by atoms with Gasteiger partial charge < -0.3 is 10.6 Å². The van der Waals surface area contributed by atoms with E-state index in [2.05, 4.69) is 17.2 Å². The summed E-state index contributed by atoms with van der Waals surface area (Å²) in [5.74, 6) is 0. The number of nitrogens with one attached hydrogen (secondary N) is 2. The molecule has 0 saturated carbocycles. The number of piperidine rings is 1. The minimum Gasteiger partial charge on any atom is -0.335 e. The molecule has 98 valence electrons. The van der Waals surface area contributed by atoms with E-state index >= 15 is 0 Å². The van der Waals surface area contributed by atoms with Crippen molar-refractivity contribution in [2.45, 2.75) is 18.9 Å². The van der Waals surface area contributed by atoms with Crippen LogP contribution in [-0.2, 0) is 10.0 Å². The Hall–Kier alpha value is -1.08. The van der Waals surface area contributed by atoms with Crippen molar-refractivity contribution in [3.05, 3.63) is 12.7 Å². The van der Waals surface area contributed by atoms with Gasteiger partial charge in [-0.2, -0.15) is 0 Å². The maximum Gasteiger partial charge on any atom is 0.315 e. The number of sulfonamides is 1. The van der Waals surface area contributed by atoms with Crippen LogP contribution in [0.3, 0.4) is 0 Å². The Morgan fingerprint density at radius 2 is 2.06 bits per heavy atom. The predicted octanol–water partition coefficient (Wildman–Crippen LogP) is -0.104. The van der Waals surface area contributed by atoms with Crippen molar-refractivity contribution in [3.8, 4) is 0 Å². The molecule has 0 atom stereocenters. The molecule has 7 heteroatoms. The highest BCUT2D eigenvalue weighted by Crippen LogP contribution is 2.12.